The highest BCUT2D eigenvalue weighted by atomic mass is 31.2. The van der Waals surface area contributed by atoms with E-state index in [9.17, 15) is 4.57 Å². The molecule has 1 aromatic carbocycles. The molecule has 0 radical (unpaired) electrons. The molecule has 0 amide bonds. The number of ether oxygens (including phenoxy) is 1. The lowest BCUT2D eigenvalue weighted by atomic mass is 10.1. The molecule has 96 valence electrons. The molecule has 1 aromatic rings. The van der Waals surface area contributed by atoms with Crippen LogP contribution < -0.4 is 4.74 Å². The van der Waals surface area contributed by atoms with Gasteiger partial charge in [0.2, 0.25) is 0 Å². The second-order valence-corrected chi connectivity index (χ2v) is 5.76. The van der Waals surface area contributed by atoms with Gasteiger partial charge in [0.1, 0.15) is 5.75 Å². The minimum Gasteiger partial charge on any atom is -0.493 e. The lowest BCUT2D eigenvalue weighted by Crippen LogP contribution is -2.03. The van der Waals surface area contributed by atoms with E-state index < -0.39 is 7.60 Å². The van der Waals surface area contributed by atoms with E-state index in [1.54, 1.807) is 6.07 Å². The Labute approximate surface area is 102 Å². The lowest BCUT2D eigenvalue weighted by Gasteiger charge is -2.08. The van der Waals surface area contributed by atoms with Crippen LogP contribution in [0.2, 0.25) is 0 Å². The highest BCUT2D eigenvalue weighted by Gasteiger charge is 2.12. The van der Waals surface area contributed by atoms with Crippen LogP contribution in [-0.2, 0) is 11.0 Å². The molecule has 0 heterocycles. The van der Waals surface area contributed by atoms with Crippen LogP contribution in [0.15, 0.2) is 24.3 Å². The van der Waals surface area contributed by atoms with Gasteiger partial charge in [-0.15, -0.1) is 0 Å². The third-order valence-electron chi connectivity index (χ3n) is 2.37. The molecule has 0 saturated heterocycles. The molecule has 1 rings (SSSR count). The van der Waals surface area contributed by atoms with Gasteiger partial charge >= 0.3 is 7.60 Å². The summed E-state index contributed by atoms with van der Waals surface area (Å²) in [5.74, 6) is 0.673. The maximum atomic E-state index is 10.6. The Morgan fingerprint density at radius 1 is 1.35 bits per heavy atom. The first kappa shape index (κ1) is 14.2. The fourth-order valence-corrected chi connectivity index (χ4v) is 1.78. The molecule has 0 aliphatic heterocycles. The molecule has 5 heteroatoms. The predicted octanol–water partition coefficient (Wildman–Crippen LogP) is 2.59. The Hall–Kier alpha value is -0.830. The van der Waals surface area contributed by atoms with E-state index in [1.165, 1.54) is 5.56 Å². The van der Waals surface area contributed by atoms with E-state index >= 15 is 0 Å². The van der Waals surface area contributed by atoms with Gasteiger partial charge in [-0.05, 0) is 30.5 Å². The first-order chi connectivity index (χ1) is 8.01. The molecular weight excluding hydrogens is 239 g/mol. The van der Waals surface area contributed by atoms with Crippen LogP contribution in [0.5, 0.6) is 5.75 Å². The lowest BCUT2D eigenvalue weighted by molar-refractivity contribution is 0.316. The zero-order valence-electron chi connectivity index (χ0n) is 10.0. The number of unbranched alkanes of at least 4 members (excludes halogenated alkanes) is 1. The third-order valence-corrected chi connectivity index (χ3v) is 3.13. The number of aryl methyl sites for hydroxylation is 1. The van der Waals surface area contributed by atoms with Crippen molar-refractivity contribution in [3.63, 3.8) is 0 Å². The minimum absolute atomic E-state index is 0.0432. The summed E-state index contributed by atoms with van der Waals surface area (Å²) in [6.45, 7) is 2.18. The second kappa shape index (κ2) is 6.80. The van der Waals surface area contributed by atoms with Gasteiger partial charge in [0.05, 0.1) is 12.8 Å². The molecule has 17 heavy (non-hydrogen) atoms. The summed E-state index contributed by atoms with van der Waals surface area (Å²) in [5, 5.41) is 0. The maximum Gasteiger partial charge on any atom is 0.328 e. The largest absolute Gasteiger partial charge is 0.493 e. The van der Waals surface area contributed by atoms with Crippen molar-refractivity contribution in [2.24, 2.45) is 0 Å². The van der Waals surface area contributed by atoms with Gasteiger partial charge in [0.25, 0.3) is 0 Å². The summed E-state index contributed by atoms with van der Waals surface area (Å²) >= 11 is 0. The van der Waals surface area contributed by atoms with E-state index in [2.05, 4.69) is 6.92 Å². The van der Waals surface area contributed by atoms with Gasteiger partial charge in [0.15, 0.2) is 0 Å². The molecule has 0 aromatic heterocycles. The average Bonchev–Trinajstić information content (AvgIpc) is 2.25. The number of benzene rings is 1. The van der Waals surface area contributed by atoms with Gasteiger partial charge in [-0.1, -0.05) is 25.5 Å². The first-order valence-electron chi connectivity index (χ1n) is 5.77. The third kappa shape index (κ3) is 6.47. The summed E-state index contributed by atoms with van der Waals surface area (Å²) in [5.41, 5.74) is 1.19. The SMILES string of the molecule is CCCCc1cccc(OCCP(=O)(O)O)c1. The Balaban J connectivity index is 2.45. The van der Waals surface area contributed by atoms with Gasteiger partial charge < -0.3 is 14.5 Å². The van der Waals surface area contributed by atoms with E-state index in [1.807, 2.05) is 18.2 Å². The van der Waals surface area contributed by atoms with Gasteiger partial charge in [-0.3, -0.25) is 4.57 Å². The highest BCUT2D eigenvalue weighted by molar-refractivity contribution is 7.51. The number of hydrogen-bond donors (Lipinski definition) is 2. The maximum absolute atomic E-state index is 10.6. The van der Waals surface area contributed by atoms with Crippen molar-refractivity contribution in [3.05, 3.63) is 29.8 Å². The van der Waals surface area contributed by atoms with Crippen LogP contribution in [0.1, 0.15) is 25.3 Å². The molecule has 4 nitrogen and oxygen atoms in total. The normalized spacial score (nSPS) is 11.5. The molecule has 0 aliphatic carbocycles. The molecule has 0 aliphatic rings. The summed E-state index contributed by atoms with van der Waals surface area (Å²) < 4.78 is 16.0. The zero-order chi connectivity index (χ0) is 12.7. The first-order valence-corrected chi connectivity index (χ1v) is 7.57. The van der Waals surface area contributed by atoms with Crippen LogP contribution in [0, 0.1) is 0 Å². The van der Waals surface area contributed by atoms with Crippen LogP contribution in [-0.4, -0.2) is 22.6 Å². The monoisotopic (exact) mass is 258 g/mol. The molecule has 0 fully saturated rings. The van der Waals surface area contributed by atoms with Crippen LogP contribution in [0.4, 0.5) is 0 Å². The minimum atomic E-state index is -3.96. The topological polar surface area (TPSA) is 66.8 Å². The number of hydrogen-bond acceptors (Lipinski definition) is 2. The number of rotatable bonds is 7. The van der Waals surface area contributed by atoms with Gasteiger partial charge in [-0.25, -0.2) is 0 Å². The molecule has 0 atom stereocenters. The summed E-state index contributed by atoms with van der Waals surface area (Å²) in [4.78, 5) is 17.4. The van der Waals surface area contributed by atoms with Crippen LogP contribution >= 0.6 is 7.60 Å². The van der Waals surface area contributed by atoms with Crippen molar-refractivity contribution in [2.75, 3.05) is 12.8 Å². The van der Waals surface area contributed by atoms with Crippen molar-refractivity contribution in [1.82, 2.24) is 0 Å². The zero-order valence-corrected chi connectivity index (χ0v) is 10.9. The van der Waals surface area contributed by atoms with E-state index in [-0.39, 0.29) is 12.8 Å². The fourth-order valence-electron chi connectivity index (χ4n) is 1.45. The van der Waals surface area contributed by atoms with Crippen molar-refractivity contribution < 1.29 is 19.1 Å². The highest BCUT2D eigenvalue weighted by Crippen LogP contribution is 2.33. The Morgan fingerprint density at radius 3 is 2.76 bits per heavy atom. The Bertz CT molecular complexity index is 386. The standard InChI is InChI=1S/C12H19O4P/c1-2-3-5-11-6-4-7-12(10-11)16-8-9-17(13,14)15/h4,6-7,10H,2-3,5,8-9H2,1H3,(H2,13,14,15). The molecule has 0 unspecified atom stereocenters. The Kier molecular flexibility index (Phi) is 5.69. The van der Waals surface area contributed by atoms with E-state index in [0.29, 0.717) is 5.75 Å². The quantitative estimate of drug-likeness (QED) is 0.738. The average molecular weight is 258 g/mol. The van der Waals surface area contributed by atoms with Crippen LogP contribution in [0.3, 0.4) is 0 Å². The van der Waals surface area contributed by atoms with Crippen molar-refractivity contribution in [1.29, 1.82) is 0 Å². The smallest absolute Gasteiger partial charge is 0.328 e. The van der Waals surface area contributed by atoms with Gasteiger partial charge in [0, 0.05) is 0 Å². The van der Waals surface area contributed by atoms with E-state index in [0.717, 1.165) is 19.3 Å². The van der Waals surface area contributed by atoms with Crippen molar-refractivity contribution in [3.8, 4) is 5.75 Å². The van der Waals surface area contributed by atoms with Crippen molar-refractivity contribution in [2.45, 2.75) is 26.2 Å². The van der Waals surface area contributed by atoms with E-state index in [4.69, 9.17) is 14.5 Å². The summed E-state index contributed by atoms with van der Waals surface area (Å²) in [6.07, 6.45) is 3.04. The summed E-state index contributed by atoms with van der Waals surface area (Å²) in [7, 11) is -3.96. The fraction of sp³-hybridized carbons (Fsp3) is 0.500. The molecule has 0 spiro atoms. The van der Waals surface area contributed by atoms with Crippen LogP contribution in [0.25, 0.3) is 0 Å². The molecule has 0 saturated carbocycles. The Morgan fingerprint density at radius 2 is 2.12 bits per heavy atom. The molecular formula is C12H19O4P. The van der Waals surface area contributed by atoms with Crippen molar-refractivity contribution >= 4 is 7.60 Å². The second-order valence-electron chi connectivity index (χ2n) is 3.99. The predicted molar refractivity (Wildman–Crippen MR) is 67.5 cm³/mol. The molecule has 2 N–H and O–H groups in total. The summed E-state index contributed by atoms with van der Waals surface area (Å²) in [6, 6.07) is 7.66. The molecule has 0 bridgehead atoms. The van der Waals surface area contributed by atoms with Gasteiger partial charge in [-0.2, -0.15) is 0 Å².